The van der Waals surface area contributed by atoms with E-state index in [4.69, 9.17) is 5.26 Å². The highest BCUT2D eigenvalue weighted by Gasteiger charge is 2.18. The van der Waals surface area contributed by atoms with E-state index in [2.05, 4.69) is 16.4 Å². The molecular weight excluding hydrogens is 214 g/mol. The van der Waals surface area contributed by atoms with Crippen LogP contribution in [0.2, 0.25) is 0 Å². The van der Waals surface area contributed by atoms with E-state index >= 15 is 0 Å². The number of nitriles is 1. The molecule has 1 heterocycles. The lowest BCUT2D eigenvalue weighted by Crippen LogP contribution is -2.23. The molecule has 0 unspecified atom stereocenters. The van der Waals surface area contributed by atoms with Gasteiger partial charge in [0, 0.05) is 12.7 Å². The molecule has 1 fully saturated rings. The van der Waals surface area contributed by atoms with Gasteiger partial charge >= 0.3 is 0 Å². The van der Waals surface area contributed by atoms with Crippen molar-refractivity contribution in [3.05, 3.63) is 23.9 Å². The molecular formula is C13H17N3O. The maximum Gasteiger partial charge on any atom is 0.127 e. The van der Waals surface area contributed by atoms with Crippen molar-refractivity contribution in [3.8, 4) is 6.07 Å². The van der Waals surface area contributed by atoms with Crippen LogP contribution in [0.4, 0.5) is 5.82 Å². The van der Waals surface area contributed by atoms with Crippen molar-refractivity contribution in [2.24, 2.45) is 5.92 Å². The zero-order chi connectivity index (χ0) is 12.1. The molecule has 0 aromatic carbocycles. The summed E-state index contributed by atoms with van der Waals surface area (Å²) < 4.78 is 0. The number of anilines is 1. The van der Waals surface area contributed by atoms with Crippen LogP contribution >= 0.6 is 0 Å². The number of nitrogens with zero attached hydrogens (tertiary/aromatic N) is 2. The Balaban J connectivity index is 1.83. The van der Waals surface area contributed by atoms with Crippen LogP contribution in [0.15, 0.2) is 18.3 Å². The average Bonchev–Trinajstić information content (AvgIpc) is 2.38. The Morgan fingerprint density at radius 2 is 2.18 bits per heavy atom. The molecule has 0 saturated heterocycles. The van der Waals surface area contributed by atoms with Crippen LogP contribution in [0.3, 0.4) is 0 Å². The summed E-state index contributed by atoms with van der Waals surface area (Å²) in [4.78, 5) is 4.18. The predicted molar refractivity (Wildman–Crippen MR) is 65.4 cm³/mol. The molecule has 0 atom stereocenters. The van der Waals surface area contributed by atoms with E-state index < -0.39 is 0 Å². The first-order chi connectivity index (χ1) is 8.28. The number of aliphatic hydroxyl groups excluding tert-OH is 1. The number of hydrogen-bond donors (Lipinski definition) is 2. The summed E-state index contributed by atoms with van der Waals surface area (Å²) >= 11 is 0. The van der Waals surface area contributed by atoms with Gasteiger partial charge < -0.3 is 10.4 Å². The summed E-state index contributed by atoms with van der Waals surface area (Å²) in [5, 5.41) is 21.4. The first kappa shape index (κ1) is 11.9. The van der Waals surface area contributed by atoms with Gasteiger partial charge in [-0.3, -0.25) is 0 Å². The summed E-state index contributed by atoms with van der Waals surface area (Å²) in [6.07, 6.45) is 5.46. The number of pyridine rings is 1. The lowest BCUT2D eigenvalue weighted by atomic mass is 9.87. The fourth-order valence-corrected chi connectivity index (χ4v) is 2.19. The molecule has 90 valence electrons. The highest BCUT2D eigenvalue weighted by atomic mass is 16.3. The van der Waals surface area contributed by atoms with E-state index in [0.29, 0.717) is 11.5 Å². The molecule has 1 aromatic rings. The molecule has 2 rings (SSSR count). The molecule has 0 aliphatic heterocycles. The van der Waals surface area contributed by atoms with Crippen molar-refractivity contribution in [1.82, 2.24) is 4.98 Å². The Morgan fingerprint density at radius 3 is 2.88 bits per heavy atom. The standard InChI is InChI=1S/C13H17N3O/c14-8-11-5-6-15-13(7-11)16-9-10-1-3-12(17)4-2-10/h5-7,10,12,17H,1-4,9H2,(H,15,16). The molecule has 0 radical (unpaired) electrons. The first-order valence-electron chi connectivity index (χ1n) is 6.06. The number of rotatable bonds is 3. The molecule has 4 heteroatoms. The van der Waals surface area contributed by atoms with Crippen molar-refractivity contribution in [3.63, 3.8) is 0 Å². The van der Waals surface area contributed by atoms with Gasteiger partial charge in [0.15, 0.2) is 0 Å². The smallest absolute Gasteiger partial charge is 0.127 e. The molecule has 0 bridgehead atoms. The van der Waals surface area contributed by atoms with E-state index in [-0.39, 0.29) is 6.10 Å². The van der Waals surface area contributed by atoms with Crippen molar-refractivity contribution in [2.45, 2.75) is 31.8 Å². The molecule has 1 aliphatic carbocycles. The van der Waals surface area contributed by atoms with E-state index in [1.165, 1.54) is 0 Å². The van der Waals surface area contributed by atoms with Crippen LogP contribution in [0.1, 0.15) is 31.2 Å². The Hall–Kier alpha value is -1.60. The van der Waals surface area contributed by atoms with Gasteiger partial charge in [0.05, 0.1) is 17.7 Å². The average molecular weight is 231 g/mol. The molecule has 1 aromatic heterocycles. The molecule has 0 amide bonds. The van der Waals surface area contributed by atoms with Crippen molar-refractivity contribution < 1.29 is 5.11 Å². The first-order valence-corrected chi connectivity index (χ1v) is 6.06. The Bertz CT molecular complexity index is 405. The van der Waals surface area contributed by atoms with Crippen LogP contribution < -0.4 is 5.32 Å². The molecule has 1 saturated carbocycles. The second-order valence-corrected chi connectivity index (χ2v) is 4.60. The summed E-state index contributed by atoms with van der Waals surface area (Å²) in [5.74, 6) is 1.36. The van der Waals surface area contributed by atoms with E-state index in [1.54, 1.807) is 18.3 Å². The van der Waals surface area contributed by atoms with Gasteiger partial charge in [-0.25, -0.2) is 4.98 Å². The van der Waals surface area contributed by atoms with Crippen molar-refractivity contribution >= 4 is 5.82 Å². The topological polar surface area (TPSA) is 68.9 Å². The number of aromatic nitrogens is 1. The largest absolute Gasteiger partial charge is 0.393 e. The number of nitrogens with one attached hydrogen (secondary N) is 1. The molecule has 0 spiro atoms. The normalized spacial score (nSPS) is 24.0. The van der Waals surface area contributed by atoms with Gasteiger partial charge in [0.1, 0.15) is 5.82 Å². The van der Waals surface area contributed by atoms with Crippen molar-refractivity contribution in [2.75, 3.05) is 11.9 Å². The fraction of sp³-hybridized carbons (Fsp3) is 0.538. The highest BCUT2D eigenvalue weighted by molar-refractivity contribution is 5.42. The van der Waals surface area contributed by atoms with Gasteiger partial charge in [0.2, 0.25) is 0 Å². The van der Waals surface area contributed by atoms with E-state index in [1.807, 2.05) is 0 Å². The highest BCUT2D eigenvalue weighted by Crippen LogP contribution is 2.24. The van der Waals surface area contributed by atoms with Crippen LogP contribution in [-0.2, 0) is 0 Å². The summed E-state index contributed by atoms with van der Waals surface area (Å²) in [6, 6.07) is 5.56. The monoisotopic (exact) mass is 231 g/mol. The lowest BCUT2D eigenvalue weighted by molar-refractivity contribution is 0.111. The quantitative estimate of drug-likeness (QED) is 0.833. The zero-order valence-electron chi connectivity index (χ0n) is 9.76. The third-order valence-electron chi connectivity index (χ3n) is 3.28. The van der Waals surface area contributed by atoms with Crippen LogP contribution in [-0.4, -0.2) is 22.7 Å². The maximum absolute atomic E-state index is 9.41. The zero-order valence-corrected chi connectivity index (χ0v) is 9.76. The third-order valence-corrected chi connectivity index (χ3v) is 3.28. The molecule has 4 nitrogen and oxygen atoms in total. The summed E-state index contributed by atoms with van der Waals surface area (Å²) in [6.45, 7) is 0.870. The number of aliphatic hydroxyl groups is 1. The third kappa shape index (κ3) is 3.43. The summed E-state index contributed by atoms with van der Waals surface area (Å²) in [5.41, 5.74) is 0.626. The van der Waals surface area contributed by atoms with Gasteiger partial charge in [-0.15, -0.1) is 0 Å². The van der Waals surface area contributed by atoms with Crippen molar-refractivity contribution in [1.29, 1.82) is 5.26 Å². The van der Waals surface area contributed by atoms with Gasteiger partial charge in [0.25, 0.3) is 0 Å². The molecule has 1 aliphatic rings. The molecule has 17 heavy (non-hydrogen) atoms. The summed E-state index contributed by atoms with van der Waals surface area (Å²) in [7, 11) is 0. The second kappa shape index (κ2) is 5.65. The van der Waals surface area contributed by atoms with E-state index in [0.717, 1.165) is 38.0 Å². The van der Waals surface area contributed by atoms with Crippen LogP contribution in [0.25, 0.3) is 0 Å². The predicted octanol–water partition coefficient (Wildman–Crippen LogP) is 1.92. The minimum atomic E-state index is -0.105. The Morgan fingerprint density at radius 1 is 1.41 bits per heavy atom. The van der Waals surface area contributed by atoms with Crippen LogP contribution in [0.5, 0.6) is 0 Å². The second-order valence-electron chi connectivity index (χ2n) is 4.60. The van der Waals surface area contributed by atoms with Crippen LogP contribution in [0, 0.1) is 17.2 Å². The SMILES string of the molecule is N#Cc1ccnc(NCC2CCC(O)CC2)c1. The lowest BCUT2D eigenvalue weighted by Gasteiger charge is -2.25. The Labute approximate surface area is 101 Å². The minimum Gasteiger partial charge on any atom is -0.393 e. The fourth-order valence-electron chi connectivity index (χ4n) is 2.19. The molecule has 2 N–H and O–H groups in total. The van der Waals surface area contributed by atoms with E-state index in [9.17, 15) is 5.11 Å². The minimum absolute atomic E-state index is 0.105. The number of hydrogen-bond acceptors (Lipinski definition) is 4. The maximum atomic E-state index is 9.41. The van der Waals surface area contributed by atoms with Gasteiger partial charge in [-0.1, -0.05) is 0 Å². The van der Waals surface area contributed by atoms with Gasteiger partial charge in [-0.2, -0.15) is 5.26 Å². The Kier molecular flexibility index (Phi) is 3.94. The van der Waals surface area contributed by atoms with Gasteiger partial charge in [-0.05, 0) is 43.7 Å².